The summed E-state index contributed by atoms with van der Waals surface area (Å²) in [5.41, 5.74) is 1.87. The van der Waals surface area contributed by atoms with Crippen molar-refractivity contribution in [1.29, 1.82) is 0 Å². The number of benzene rings is 1. The van der Waals surface area contributed by atoms with Gasteiger partial charge in [0.05, 0.1) is 0 Å². The van der Waals surface area contributed by atoms with Gasteiger partial charge in [-0.15, -0.1) is 0 Å². The second-order valence-electron chi connectivity index (χ2n) is 5.49. The second-order valence-corrected chi connectivity index (χ2v) is 6.34. The van der Waals surface area contributed by atoms with Crippen LogP contribution in [0.4, 0.5) is 0 Å². The zero-order valence-corrected chi connectivity index (χ0v) is 13.3. The second kappa shape index (κ2) is 6.06. The van der Waals surface area contributed by atoms with Gasteiger partial charge in [-0.1, -0.05) is 22.0 Å². The number of nitrogens with zero attached hydrogens (tertiary/aromatic N) is 1. The van der Waals surface area contributed by atoms with Crippen LogP contribution < -0.4 is 5.32 Å². The van der Waals surface area contributed by atoms with Gasteiger partial charge < -0.3 is 10.2 Å². The highest BCUT2D eigenvalue weighted by molar-refractivity contribution is 9.10. The van der Waals surface area contributed by atoms with Crippen LogP contribution in [0, 0.1) is 6.92 Å². The highest BCUT2D eigenvalue weighted by atomic mass is 79.9. The minimum atomic E-state index is 0.0300. The molecule has 1 saturated heterocycles. The molecule has 1 aromatic rings. The molecule has 0 aliphatic carbocycles. The first-order chi connectivity index (χ1) is 8.97. The average molecular weight is 325 g/mol. The van der Waals surface area contributed by atoms with Crippen molar-refractivity contribution in [3.8, 4) is 0 Å². The number of aryl methyl sites for hydroxylation is 1. The van der Waals surface area contributed by atoms with Gasteiger partial charge in [0, 0.05) is 28.7 Å². The number of halogens is 1. The van der Waals surface area contributed by atoms with Gasteiger partial charge in [-0.3, -0.25) is 4.79 Å². The molecule has 2 rings (SSSR count). The molecular formula is C15H21BrN2O. The molecule has 1 aromatic carbocycles. The third kappa shape index (κ3) is 3.57. The summed E-state index contributed by atoms with van der Waals surface area (Å²) in [6.07, 6.45) is 2.05. The summed E-state index contributed by atoms with van der Waals surface area (Å²) in [6, 6.07) is 6.57. The van der Waals surface area contributed by atoms with Crippen molar-refractivity contribution in [3.63, 3.8) is 0 Å². The molecule has 0 radical (unpaired) electrons. The summed E-state index contributed by atoms with van der Waals surface area (Å²) in [7, 11) is 2.14. The van der Waals surface area contributed by atoms with E-state index in [9.17, 15) is 4.79 Å². The molecule has 3 nitrogen and oxygen atoms in total. The van der Waals surface area contributed by atoms with Gasteiger partial charge in [0.1, 0.15) is 0 Å². The van der Waals surface area contributed by atoms with E-state index in [1.54, 1.807) is 0 Å². The van der Waals surface area contributed by atoms with Crippen molar-refractivity contribution in [1.82, 2.24) is 10.2 Å². The lowest BCUT2D eigenvalue weighted by molar-refractivity contribution is 0.0896. The first kappa shape index (κ1) is 14.5. The van der Waals surface area contributed by atoms with Crippen LogP contribution >= 0.6 is 15.9 Å². The molecule has 1 aliphatic rings. The molecule has 4 heteroatoms. The third-order valence-electron chi connectivity index (χ3n) is 3.98. The largest absolute Gasteiger partial charge is 0.349 e. The highest BCUT2D eigenvalue weighted by Crippen LogP contribution is 2.19. The Labute approximate surface area is 123 Å². The minimum absolute atomic E-state index is 0.0300. The van der Waals surface area contributed by atoms with Gasteiger partial charge in [0.25, 0.3) is 5.91 Å². The molecule has 0 aromatic heterocycles. The Balaban J connectivity index is 1.99. The van der Waals surface area contributed by atoms with Gasteiger partial charge >= 0.3 is 0 Å². The third-order valence-corrected chi connectivity index (χ3v) is 4.83. The Morgan fingerprint density at radius 1 is 1.47 bits per heavy atom. The van der Waals surface area contributed by atoms with E-state index >= 15 is 0 Å². The lowest BCUT2D eigenvalue weighted by atomic mass is 9.98. The lowest BCUT2D eigenvalue weighted by Crippen LogP contribution is -2.47. The average Bonchev–Trinajstić information content (AvgIpc) is 2.37. The molecule has 2 atom stereocenters. The van der Waals surface area contributed by atoms with Gasteiger partial charge in [-0.25, -0.2) is 0 Å². The molecule has 1 amide bonds. The summed E-state index contributed by atoms with van der Waals surface area (Å²) < 4.78 is 0.983. The van der Waals surface area contributed by atoms with E-state index in [4.69, 9.17) is 0 Å². The molecule has 1 N–H and O–H groups in total. The summed E-state index contributed by atoms with van der Waals surface area (Å²) in [5, 5.41) is 3.15. The molecule has 1 aliphatic heterocycles. The molecule has 0 bridgehead atoms. The summed E-state index contributed by atoms with van der Waals surface area (Å²) in [4.78, 5) is 14.6. The molecule has 2 unspecified atom stereocenters. The highest BCUT2D eigenvalue weighted by Gasteiger charge is 2.24. The maximum atomic E-state index is 12.2. The maximum Gasteiger partial charge on any atom is 0.251 e. The predicted octanol–water partition coefficient (Wildman–Crippen LogP) is 2.97. The van der Waals surface area contributed by atoms with Crippen molar-refractivity contribution < 1.29 is 4.79 Å². The van der Waals surface area contributed by atoms with Gasteiger partial charge in [-0.05, 0) is 51.4 Å². The van der Waals surface area contributed by atoms with Crippen molar-refractivity contribution in [3.05, 3.63) is 33.8 Å². The number of carbonyl (C=O) groups is 1. The summed E-state index contributed by atoms with van der Waals surface area (Å²) in [6.45, 7) is 5.27. The van der Waals surface area contributed by atoms with Crippen molar-refractivity contribution in [2.75, 3.05) is 13.6 Å². The Morgan fingerprint density at radius 3 is 2.84 bits per heavy atom. The zero-order valence-electron chi connectivity index (χ0n) is 11.7. The SMILES string of the molecule is Cc1ccc(C(=O)NC2CCN(C)C(C)C2)cc1Br. The van der Waals surface area contributed by atoms with Gasteiger partial charge in [-0.2, -0.15) is 0 Å². The number of nitrogens with one attached hydrogen (secondary N) is 1. The maximum absolute atomic E-state index is 12.2. The van der Waals surface area contributed by atoms with E-state index in [-0.39, 0.29) is 5.91 Å². The zero-order chi connectivity index (χ0) is 14.0. The quantitative estimate of drug-likeness (QED) is 0.907. The van der Waals surface area contributed by atoms with E-state index < -0.39 is 0 Å². The number of likely N-dealkylation sites (tertiary alicyclic amines) is 1. The van der Waals surface area contributed by atoms with E-state index in [0.717, 1.165) is 35.0 Å². The van der Waals surface area contributed by atoms with Crippen LogP contribution in [0.3, 0.4) is 0 Å². The molecular weight excluding hydrogens is 304 g/mol. The molecule has 1 heterocycles. The lowest BCUT2D eigenvalue weighted by Gasteiger charge is -2.35. The standard InChI is InChI=1S/C15H21BrN2O/c1-10-4-5-12(9-14(10)16)15(19)17-13-6-7-18(3)11(2)8-13/h4-5,9,11,13H,6-8H2,1-3H3,(H,17,19). The van der Waals surface area contributed by atoms with Crippen molar-refractivity contribution in [2.45, 2.75) is 38.8 Å². The van der Waals surface area contributed by atoms with Crippen molar-refractivity contribution in [2.24, 2.45) is 0 Å². The first-order valence-corrected chi connectivity index (χ1v) is 7.54. The van der Waals surface area contributed by atoms with Gasteiger partial charge in [0.2, 0.25) is 0 Å². The molecule has 0 saturated carbocycles. The van der Waals surface area contributed by atoms with Crippen LogP contribution in [0.25, 0.3) is 0 Å². The van der Waals surface area contributed by atoms with E-state index in [0.29, 0.717) is 12.1 Å². The Hall–Kier alpha value is -0.870. The molecule has 19 heavy (non-hydrogen) atoms. The number of amides is 1. The Kier molecular flexibility index (Phi) is 4.63. The first-order valence-electron chi connectivity index (χ1n) is 6.74. The van der Waals surface area contributed by atoms with Crippen molar-refractivity contribution >= 4 is 21.8 Å². The fourth-order valence-electron chi connectivity index (χ4n) is 2.42. The van der Waals surface area contributed by atoms with E-state index in [2.05, 4.69) is 40.1 Å². The van der Waals surface area contributed by atoms with Crippen LogP contribution in [0.2, 0.25) is 0 Å². The fraction of sp³-hybridized carbons (Fsp3) is 0.533. The number of hydrogen-bond donors (Lipinski definition) is 1. The minimum Gasteiger partial charge on any atom is -0.349 e. The Bertz CT molecular complexity index is 475. The Morgan fingerprint density at radius 2 is 2.21 bits per heavy atom. The molecule has 0 spiro atoms. The van der Waals surface area contributed by atoms with E-state index in [1.807, 2.05) is 25.1 Å². The fourth-order valence-corrected chi connectivity index (χ4v) is 2.80. The van der Waals surface area contributed by atoms with Crippen LogP contribution in [0.15, 0.2) is 22.7 Å². The van der Waals surface area contributed by atoms with Crippen LogP contribution in [0.5, 0.6) is 0 Å². The topological polar surface area (TPSA) is 32.3 Å². The molecule has 1 fully saturated rings. The smallest absolute Gasteiger partial charge is 0.251 e. The van der Waals surface area contributed by atoms with E-state index in [1.165, 1.54) is 0 Å². The number of rotatable bonds is 2. The van der Waals surface area contributed by atoms with Crippen LogP contribution in [0.1, 0.15) is 35.7 Å². The number of hydrogen-bond acceptors (Lipinski definition) is 2. The summed E-state index contributed by atoms with van der Waals surface area (Å²) in [5.74, 6) is 0.0300. The number of piperidine rings is 1. The van der Waals surface area contributed by atoms with Gasteiger partial charge in [0.15, 0.2) is 0 Å². The van der Waals surface area contributed by atoms with Crippen LogP contribution in [-0.2, 0) is 0 Å². The number of carbonyl (C=O) groups excluding carboxylic acids is 1. The summed E-state index contributed by atoms with van der Waals surface area (Å²) >= 11 is 3.47. The monoisotopic (exact) mass is 324 g/mol. The normalized spacial score (nSPS) is 24.2. The molecule has 104 valence electrons. The predicted molar refractivity (Wildman–Crippen MR) is 81.5 cm³/mol. The van der Waals surface area contributed by atoms with Crippen LogP contribution in [-0.4, -0.2) is 36.5 Å².